The highest BCUT2D eigenvalue weighted by Crippen LogP contribution is 2.35. The number of hydrogen-bond donors (Lipinski definition) is 1. The summed E-state index contributed by atoms with van der Waals surface area (Å²) in [5.74, 6) is -0.0406. The van der Waals surface area contributed by atoms with Gasteiger partial charge in [0.05, 0.1) is 15.2 Å². The van der Waals surface area contributed by atoms with Crippen LogP contribution < -0.4 is 10.1 Å². The molecule has 0 aliphatic heterocycles. The first-order valence-electron chi connectivity index (χ1n) is 10.2. The number of carbonyl (C=O) groups excluding carboxylic acids is 1. The molecule has 34 heavy (non-hydrogen) atoms. The first-order chi connectivity index (χ1) is 16.5. The largest absolute Gasteiger partial charge is 0.487 e. The van der Waals surface area contributed by atoms with Crippen molar-refractivity contribution >= 4 is 71.9 Å². The lowest BCUT2D eigenvalue weighted by Gasteiger charge is -2.14. The normalized spacial score (nSPS) is 11.2. The number of nitriles is 1. The maximum atomic E-state index is 12.8. The van der Waals surface area contributed by atoms with Gasteiger partial charge in [-0.2, -0.15) is 5.26 Å². The molecule has 4 rings (SSSR count). The molecule has 0 bridgehead atoms. The predicted octanol–water partition coefficient (Wildman–Crippen LogP) is 8.14. The molecule has 0 fully saturated rings. The Labute approximate surface area is 219 Å². The summed E-state index contributed by atoms with van der Waals surface area (Å²) < 4.78 is 7.67. The van der Waals surface area contributed by atoms with Crippen molar-refractivity contribution in [2.45, 2.75) is 6.61 Å². The van der Waals surface area contributed by atoms with Crippen LogP contribution >= 0.6 is 43.5 Å². The summed E-state index contributed by atoms with van der Waals surface area (Å²) in [6.07, 6.45) is 1.50. The fourth-order valence-corrected chi connectivity index (χ4v) is 5.02. The number of nitrogens with zero attached hydrogens (tertiary/aromatic N) is 1. The highest BCUT2D eigenvalue weighted by atomic mass is 79.9. The number of carbonyl (C=O) groups is 1. The first kappa shape index (κ1) is 24.0. The lowest BCUT2D eigenvalue weighted by molar-refractivity contribution is -0.112. The summed E-state index contributed by atoms with van der Waals surface area (Å²) in [5.41, 5.74) is 1.95. The molecule has 4 nitrogen and oxygen atoms in total. The molecule has 0 aliphatic carbocycles. The number of halogens is 3. The van der Waals surface area contributed by atoms with Gasteiger partial charge in [-0.3, -0.25) is 4.79 Å². The molecule has 0 spiro atoms. The maximum absolute atomic E-state index is 12.8. The van der Waals surface area contributed by atoms with Gasteiger partial charge in [0.2, 0.25) is 0 Å². The van der Waals surface area contributed by atoms with Gasteiger partial charge in [-0.25, -0.2) is 0 Å². The highest BCUT2D eigenvalue weighted by Gasteiger charge is 2.15. The van der Waals surface area contributed by atoms with Gasteiger partial charge in [-0.1, -0.05) is 82.1 Å². The van der Waals surface area contributed by atoms with Crippen LogP contribution in [0.15, 0.2) is 93.4 Å². The molecule has 0 atom stereocenters. The number of nitrogens with one attached hydrogen (secondary N) is 1. The van der Waals surface area contributed by atoms with Crippen LogP contribution in [0.2, 0.25) is 5.02 Å². The fourth-order valence-electron chi connectivity index (χ4n) is 3.46. The SMILES string of the molecule is N#C/C(=C\c1cc(Br)cc(Br)c1OCc1cccc2ccccc12)C(=O)Nc1ccccc1Cl. The zero-order chi connectivity index (χ0) is 24.1. The van der Waals surface area contributed by atoms with E-state index in [-0.39, 0.29) is 5.57 Å². The van der Waals surface area contributed by atoms with Gasteiger partial charge < -0.3 is 10.1 Å². The standard InChI is InChI=1S/C27H17Br2ClN2O2/c28-21-13-19(12-20(15-31)27(33)32-25-11-4-3-10-24(25)30)26(23(29)14-21)34-16-18-8-5-7-17-6-1-2-9-22(17)18/h1-14H,16H2,(H,32,33)/b20-12+. The summed E-state index contributed by atoms with van der Waals surface area (Å²) >= 11 is 13.2. The fraction of sp³-hybridized carbons (Fsp3) is 0.0370. The average molecular weight is 597 g/mol. The Balaban J connectivity index is 1.65. The zero-order valence-corrected chi connectivity index (χ0v) is 21.6. The van der Waals surface area contributed by atoms with Crippen molar-refractivity contribution in [2.24, 2.45) is 0 Å². The number of para-hydroxylation sites is 1. The summed E-state index contributed by atoms with van der Waals surface area (Å²) in [6, 6.07) is 26.6. The lowest BCUT2D eigenvalue weighted by Crippen LogP contribution is -2.13. The van der Waals surface area contributed by atoms with Crippen LogP contribution in [-0.4, -0.2) is 5.91 Å². The van der Waals surface area contributed by atoms with Crippen LogP contribution in [0.4, 0.5) is 5.69 Å². The van der Waals surface area contributed by atoms with Crippen molar-refractivity contribution in [1.29, 1.82) is 5.26 Å². The van der Waals surface area contributed by atoms with E-state index >= 15 is 0 Å². The monoisotopic (exact) mass is 594 g/mol. The molecule has 1 N–H and O–H groups in total. The van der Waals surface area contributed by atoms with Crippen LogP contribution in [0.1, 0.15) is 11.1 Å². The van der Waals surface area contributed by atoms with E-state index in [1.165, 1.54) is 6.08 Å². The van der Waals surface area contributed by atoms with Crippen molar-refractivity contribution < 1.29 is 9.53 Å². The zero-order valence-electron chi connectivity index (χ0n) is 17.7. The number of amides is 1. The second-order valence-corrected chi connectivity index (χ2v) is 9.51. The van der Waals surface area contributed by atoms with Gasteiger partial charge in [0.15, 0.2) is 0 Å². The number of fused-ring (bicyclic) bond motifs is 1. The van der Waals surface area contributed by atoms with E-state index in [9.17, 15) is 10.1 Å². The Kier molecular flexibility index (Phi) is 7.69. The number of ether oxygens (including phenoxy) is 1. The van der Waals surface area contributed by atoms with E-state index in [1.807, 2.05) is 36.4 Å². The minimum atomic E-state index is -0.563. The Morgan fingerprint density at radius 1 is 1.03 bits per heavy atom. The lowest BCUT2D eigenvalue weighted by atomic mass is 10.1. The van der Waals surface area contributed by atoms with Crippen LogP contribution in [0.25, 0.3) is 16.8 Å². The number of rotatable bonds is 6. The first-order valence-corrected chi connectivity index (χ1v) is 12.2. The van der Waals surface area contributed by atoms with E-state index in [1.54, 1.807) is 30.3 Å². The molecule has 0 saturated heterocycles. The average Bonchev–Trinajstić information content (AvgIpc) is 2.83. The Morgan fingerprint density at radius 3 is 2.56 bits per heavy atom. The number of anilines is 1. The van der Waals surface area contributed by atoms with Crippen LogP contribution in [0.3, 0.4) is 0 Å². The molecule has 7 heteroatoms. The van der Waals surface area contributed by atoms with Crippen LogP contribution in [0, 0.1) is 11.3 Å². The van der Waals surface area contributed by atoms with Crippen molar-refractivity contribution in [1.82, 2.24) is 0 Å². The van der Waals surface area contributed by atoms with Crippen molar-refractivity contribution in [2.75, 3.05) is 5.32 Å². The summed E-state index contributed by atoms with van der Waals surface area (Å²) in [6.45, 7) is 0.316. The van der Waals surface area contributed by atoms with E-state index in [4.69, 9.17) is 16.3 Å². The Hall–Kier alpha value is -3.11. The minimum Gasteiger partial charge on any atom is -0.487 e. The van der Waals surface area contributed by atoms with Crippen molar-refractivity contribution in [3.05, 3.63) is 110 Å². The second kappa shape index (κ2) is 10.9. The topological polar surface area (TPSA) is 62.1 Å². The van der Waals surface area contributed by atoms with E-state index in [0.29, 0.717) is 33.1 Å². The molecule has 0 saturated carbocycles. The molecular formula is C27H17Br2ClN2O2. The van der Waals surface area contributed by atoms with E-state index in [0.717, 1.165) is 20.8 Å². The Morgan fingerprint density at radius 2 is 1.76 bits per heavy atom. The van der Waals surface area contributed by atoms with Gasteiger partial charge in [-0.15, -0.1) is 0 Å². The quantitative estimate of drug-likeness (QED) is 0.181. The third-order valence-corrected chi connectivity index (χ3v) is 6.45. The van der Waals surface area contributed by atoms with Crippen LogP contribution in [0.5, 0.6) is 5.75 Å². The van der Waals surface area contributed by atoms with Gasteiger partial charge in [-0.05, 0) is 62.6 Å². The molecule has 4 aromatic carbocycles. The summed E-state index contributed by atoms with van der Waals surface area (Å²) in [5, 5.41) is 15.0. The van der Waals surface area contributed by atoms with Gasteiger partial charge in [0.25, 0.3) is 5.91 Å². The molecule has 168 valence electrons. The third-order valence-electron chi connectivity index (χ3n) is 5.08. The molecule has 0 unspecified atom stereocenters. The summed E-state index contributed by atoms with van der Waals surface area (Å²) in [4.78, 5) is 12.8. The van der Waals surface area contributed by atoms with Gasteiger partial charge in [0.1, 0.15) is 24.0 Å². The molecule has 4 aromatic rings. The molecule has 0 aromatic heterocycles. The second-order valence-electron chi connectivity index (χ2n) is 7.34. The highest BCUT2D eigenvalue weighted by molar-refractivity contribution is 9.11. The molecule has 1 amide bonds. The minimum absolute atomic E-state index is 0.0834. The maximum Gasteiger partial charge on any atom is 0.266 e. The van der Waals surface area contributed by atoms with Crippen LogP contribution in [-0.2, 0) is 11.4 Å². The third kappa shape index (κ3) is 5.51. The molecule has 0 aliphatic rings. The van der Waals surface area contributed by atoms with E-state index in [2.05, 4.69) is 55.4 Å². The molecule has 0 heterocycles. The smallest absolute Gasteiger partial charge is 0.266 e. The molecule has 0 radical (unpaired) electrons. The summed E-state index contributed by atoms with van der Waals surface area (Å²) in [7, 11) is 0. The Bertz CT molecular complexity index is 1460. The van der Waals surface area contributed by atoms with Crippen molar-refractivity contribution in [3.63, 3.8) is 0 Å². The van der Waals surface area contributed by atoms with E-state index < -0.39 is 5.91 Å². The molecular weight excluding hydrogens is 580 g/mol. The number of benzene rings is 4. The van der Waals surface area contributed by atoms with Gasteiger partial charge >= 0.3 is 0 Å². The van der Waals surface area contributed by atoms with Gasteiger partial charge in [0, 0.05) is 10.0 Å². The predicted molar refractivity (Wildman–Crippen MR) is 144 cm³/mol. The van der Waals surface area contributed by atoms with Crippen molar-refractivity contribution in [3.8, 4) is 11.8 Å². The number of hydrogen-bond acceptors (Lipinski definition) is 3.